The monoisotopic (exact) mass is 251 g/mol. The Hall–Kier alpha value is -1.55. The Kier molecular flexibility index (Phi) is 5.16. The van der Waals surface area contributed by atoms with E-state index in [9.17, 15) is 4.79 Å². The molecule has 0 aromatic heterocycles. The molecule has 0 atom stereocenters. The first-order chi connectivity index (χ1) is 8.43. The van der Waals surface area contributed by atoms with Crippen molar-refractivity contribution in [1.29, 1.82) is 0 Å². The van der Waals surface area contributed by atoms with Gasteiger partial charge in [0.25, 0.3) is 0 Å². The molecule has 0 aliphatic rings. The van der Waals surface area contributed by atoms with Gasteiger partial charge >= 0.3 is 5.97 Å². The van der Waals surface area contributed by atoms with Crippen molar-refractivity contribution in [2.75, 3.05) is 6.61 Å². The number of carboxylic acid groups (broad SMARTS) is 1. The van der Waals surface area contributed by atoms with Crippen LogP contribution in [-0.4, -0.2) is 23.2 Å². The number of hydrogen-bond donors (Lipinski definition) is 2. The van der Waals surface area contributed by atoms with E-state index in [1.807, 2.05) is 18.2 Å². The molecule has 2 N–H and O–H groups in total. The maximum atomic E-state index is 10.4. The highest BCUT2D eigenvalue weighted by Crippen LogP contribution is 2.15. The molecule has 0 saturated carbocycles. The molecule has 0 amide bonds. The summed E-state index contributed by atoms with van der Waals surface area (Å²) in [4.78, 5) is 10.4. The summed E-state index contributed by atoms with van der Waals surface area (Å²) in [6.07, 6.45) is 1.04. The second kappa shape index (κ2) is 6.40. The van der Waals surface area contributed by atoms with Crippen LogP contribution in [0.3, 0.4) is 0 Å². The zero-order valence-corrected chi connectivity index (χ0v) is 11.2. The minimum absolute atomic E-state index is 0.0952. The average Bonchev–Trinajstić information content (AvgIpc) is 2.35. The maximum Gasteiger partial charge on any atom is 0.341 e. The summed E-state index contributed by atoms with van der Waals surface area (Å²) in [5.74, 6) is -0.378. The van der Waals surface area contributed by atoms with Gasteiger partial charge in [-0.15, -0.1) is 0 Å². The number of hydrogen-bond acceptors (Lipinski definition) is 3. The predicted molar refractivity (Wildman–Crippen MR) is 70.8 cm³/mol. The van der Waals surface area contributed by atoms with Crippen LogP contribution in [0, 0.1) is 0 Å². The molecule has 0 bridgehead atoms. The molecule has 4 nitrogen and oxygen atoms in total. The quantitative estimate of drug-likeness (QED) is 0.781. The fraction of sp³-hybridized carbons (Fsp3) is 0.500. The highest BCUT2D eigenvalue weighted by Gasteiger charge is 2.13. The molecular formula is C14H21NO3. The predicted octanol–water partition coefficient (Wildman–Crippen LogP) is 2.43. The summed E-state index contributed by atoms with van der Waals surface area (Å²) in [5.41, 5.74) is 1.18. The smallest absolute Gasteiger partial charge is 0.341 e. The number of aliphatic carboxylic acids is 1. The summed E-state index contributed by atoms with van der Waals surface area (Å²) in [7, 11) is 0. The molecule has 1 aromatic carbocycles. The number of benzene rings is 1. The lowest BCUT2D eigenvalue weighted by atomic mass is 10.0. The van der Waals surface area contributed by atoms with Crippen molar-refractivity contribution in [2.24, 2.45) is 0 Å². The number of nitrogens with one attached hydrogen (secondary N) is 1. The molecular weight excluding hydrogens is 230 g/mol. The van der Waals surface area contributed by atoms with Gasteiger partial charge in [0.05, 0.1) is 0 Å². The molecule has 0 saturated heterocycles. The van der Waals surface area contributed by atoms with Crippen LogP contribution in [0.1, 0.15) is 32.8 Å². The topological polar surface area (TPSA) is 58.6 Å². The van der Waals surface area contributed by atoms with Crippen LogP contribution in [0.2, 0.25) is 0 Å². The molecule has 0 radical (unpaired) electrons. The van der Waals surface area contributed by atoms with Crippen molar-refractivity contribution in [2.45, 2.75) is 39.3 Å². The molecule has 100 valence electrons. The van der Waals surface area contributed by atoms with Crippen molar-refractivity contribution in [3.05, 3.63) is 29.8 Å². The first-order valence-electron chi connectivity index (χ1n) is 6.11. The van der Waals surface area contributed by atoms with Crippen LogP contribution in [0.25, 0.3) is 0 Å². The zero-order valence-electron chi connectivity index (χ0n) is 11.2. The van der Waals surface area contributed by atoms with Crippen LogP contribution in [0.4, 0.5) is 0 Å². The Balaban J connectivity index is 2.56. The van der Waals surface area contributed by atoms with E-state index >= 15 is 0 Å². The average molecular weight is 251 g/mol. The molecule has 0 spiro atoms. The van der Waals surface area contributed by atoms with Crippen molar-refractivity contribution >= 4 is 5.97 Å². The van der Waals surface area contributed by atoms with Crippen molar-refractivity contribution in [3.8, 4) is 5.75 Å². The van der Waals surface area contributed by atoms with Crippen molar-refractivity contribution in [1.82, 2.24) is 5.32 Å². The van der Waals surface area contributed by atoms with E-state index in [0.717, 1.165) is 18.5 Å². The number of rotatable bonds is 7. The Labute approximate surface area is 108 Å². The van der Waals surface area contributed by atoms with E-state index < -0.39 is 5.97 Å². The van der Waals surface area contributed by atoms with E-state index in [1.165, 1.54) is 0 Å². The second-order valence-corrected chi connectivity index (χ2v) is 4.92. The third kappa shape index (κ3) is 5.19. The third-order valence-electron chi connectivity index (χ3n) is 2.92. The highest BCUT2D eigenvalue weighted by atomic mass is 16.5. The minimum Gasteiger partial charge on any atom is -0.482 e. The number of ether oxygens (including phenoxy) is 1. The van der Waals surface area contributed by atoms with Gasteiger partial charge in [-0.2, -0.15) is 0 Å². The Bertz CT molecular complexity index is 402. The van der Waals surface area contributed by atoms with Crippen LogP contribution < -0.4 is 10.1 Å². The van der Waals surface area contributed by atoms with Gasteiger partial charge in [-0.25, -0.2) is 4.79 Å². The summed E-state index contributed by atoms with van der Waals surface area (Å²) >= 11 is 0. The standard InChI is InChI=1S/C14H21NO3/c1-4-14(2,3)15-9-11-6-5-7-12(8-11)18-10-13(16)17/h5-8,15H,4,9-10H2,1-3H3,(H,16,17). The summed E-state index contributed by atoms with van der Waals surface area (Å²) < 4.78 is 5.14. The molecule has 0 aliphatic heterocycles. The molecule has 18 heavy (non-hydrogen) atoms. The molecule has 1 rings (SSSR count). The van der Waals surface area contributed by atoms with Crippen LogP contribution in [0.15, 0.2) is 24.3 Å². The highest BCUT2D eigenvalue weighted by molar-refractivity contribution is 5.68. The van der Waals surface area contributed by atoms with Crippen molar-refractivity contribution < 1.29 is 14.6 Å². The van der Waals surface area contributed by atoms with Gasteiger partial charge in [0, 0.05) is 12.1 Å². The van der Waals surface area contributed by atoms with Gasteiger partial charge in [-0.05, 0) is 38.0 Å². The third-order valence-corrected chi connectivity index (χ3v) is 2.92. The largest absolute Gasteiger partial charge is 0.482 e. The van der Waals surface area contributed by atoms with Crippen LogP contribution in [0.5, 0.6) is 5.75 Å². The summed E-state index contributed by atoms with van der Waals surface area (Å²) in [5, 5.41) is 12.0. The normalized spacial score (nSPS) is 11.3. The first-order valence-corrected chi connectivity index (χ1v) is 6.11. The van der Waals surface area contributed by atoms with Gasteiger partial charge in [0.15, 0.2) is 6.61 Å². The van der Waals surface area contributed by atoms with Gasteiger partial charge in [-0.1, -0.05) is 19.1 Å². The van der Waals surface area contributed by atoms with Gasteiger partial charge in [0.1, 0.15) is 5.75 Å². The number of carbonyl (C=O) groups is 1. The van der Waals surface area contributed by atoms with E-state index in [1.54, 1.807) is 6.07 Å². The fourth-order valence-electron chi connectivity index (χ4n) is 1.36. The molecule has 0 fully saturated rings. The van der Waals surface area contributed by atoms with Gasteiger partial charge < -0.3 is 15.2 Å². The molecule has 4 heteroatoms. The minimum atomic E-state index is -0.967. The summed E-state index contributed by atoms with van der Waals surface area (Å²) in [6.45, 7) is 6.87. The molecule has 0 unspecified atom stereocenters. The lowest BCUT2D eigenvalue weighted by molar-refractivity contribution is -0.139. The Morgan fingerprint density at radius 2 is 2.17 bits per heavy atom. The SMILES string of the molecule is CCC(C)(C)NCc1cccc(OCC(=O)O)c1. The van der Waals surface area contributed by atoms with Crippen LogP contribution >= 0.6 is 0 Å². The van der Waals surface area contributed by atoms with E-state index in [2.05, 4.69) is 26.1 Å². The van der Waals surface area contributed by atoms with Gasteiger partial charge in [0.2, 0.25) is 0 Å². The molecule has 0 aliphatic carbocycles. The summed E-state index contributed by atoms with van der Waals surface area (Å²) in [6, 6.07) is 7.48. The Morgan fingerprint density at radius 1 is 1.44 bits per heavy atom. The second-order valence-electron chi connectivity index (χ2n) is 4.92. The fourth-order valence-corrected chi connectivity index (χ4v) is 1.36. The van der Waals surface area contributed by atoms with Crippen LogP contribution in [-0.2, 0) is 11.3 Å². The number of carboxylic acids is 1. The maximum absolute atomic E-state index is 10.4. The molecule has 0 heterocycles. The van der Waals surface area contributed by atoms with Gasteiger partial charge in [-0.3, -0.25) is 0 Å². The van der Waals surface area contributed by atoms with Crippen molar-refractivity contribution in [3.63, 3.8) is 0 Å². The van der Waals surface area contributed by atoms with E-state index in [4.69, 9.17) is 9.84 Å². The zero-order chi connectivity index (χ0) is 13.6. The lowest BCUT2D eigenvalue weighted by Gasteiger charge is -2.24. The Morgan fingerprint density at radius 3 is 2.78 bits per heavy atom. The van der Waals surface area contributed by atoms with E-state index in [0.29, 0.717) is 5.75 Å². The molecule has 1 aromatic rings. The van der Waals surface area contributed by atoms with E-state index in [-0.39, 0.29) is 12.1 Å². The first kappa shape index (κ1) is 14.5. The lowest BCUT2D eigenvalue weighted by Crippen LogP contribution is -2.37.